The Balaban J connectivity index is 1.42. The number of anilines is 2. The molecule has 0 bridgehead atoms. The van der Waals surface area contributed by atoms with Crippen LogP contribution in [-0.4, -0.2) is 67.0 Å². The van der Waals surface area contributed by atoms with E-state index in [-0.39, 0.29) is 30.4 Å². The molecule has 4 heterocycles. The number of ether oxygens (including phenoxy) is 1. The fourth-order valence-electron chi connectivity index (χ4n) is 4.43. The smallest absolute Gasteiger partial charge is 0.384 e. The first kappa shape index (κ1) is 27.0. The lowest BCUT2D eigenvalue weighted by Crippen LogP contribution is -2.46. The Kier molecular flexibility index (Phi) is 7.12. The molecule has 11 nitrogen and oxygen atoms in total. The number of aliphatic hydroxyl groups excluding tert-OH is 1. The van der Waals surface area contributed by atoms with Crippen LogP contribution in [0.2, 0.25) is 0 Å². The largest absolute Gasteiger partial charge is 0.416 e. The average molecular weight is 556 g/mol. The Morgan fingerprint density at radius 2 is 1.93 bits per heavy atom. The molecule has 1 aliphatic heterocycles. The van der Waals surface area contributed by atoms with Gasteiger partial charge < -0.3 is 25.8 Å². The van der Waals surface area contributed by atoms with Gasteiger partial charge in [0.05, 0.1) is 18.7 Å². The number of pyridine rings is 1. The van der Waals surface area contributed by atoms with E-state index < -0.39 is 35.8 Å². The van der Waals surface area contributed by atoms with Crippen molar-refractivity contribution in [1.29, 1.82) is 0 Å². The lowest BCUT2D eigenvalue weighted by molar-refractivity contribution is -0.147. The van der Waals surface area contributed by atoms with Gasteiger partial charge >= 0.3 is 6.18 Å². The van der Waals surface area contributed by atoms with Crippen molar-refractivity contribution in [2.75, 3.05) is 30.7 Å². The molecule has 1 aromatic carbocycles. The number of nitrogens with two attached hydrogens (primary N) is 1. The lowest BCUT2D eigenvalue weighted by Gasteiger charge is -2.33. The van der Waals surface area contributed by atoms with Crippen molar-refractivity contribution in [2.24, 2.45) is 0 Å². The first-order valence-corrected chi connectivity index (χ1v) is 12.2. The van der Waals surface area contributed by atoms with Crippen molar-refractivity contribution in [3.05, 3.63) is 71.9 Å². The van der Waals surface area contributed by atoms with E-state index in [0.29, 0.717) is 29.1 Å². The molecule has 0 saturated carbocycles. The van der Waals surface area contributed by atoms with Crippen LogP contribution in [-0.2, 0) is 15.7 Å². The molecule has 208 valence electrons. The number of halogens is 3. The standard InChI is InChI=1S/C26H24F3N7O4/c1-14(37)25(39)35-10-11-40-18(13-35)23-34-20(21-22(30)32-8-9-36(21)23)15-2-4-16(5-3-15)24(38)33-19-12-17(6-7-31-19)26(27,28)29/h2-9,12,14,18,37H,10-11,13H2,1H3,(H2,30,32)(H,31,33,38)/t14-,18-/m1/s1. The molecule has 0 unspecified atom stereocenters. The zero-order chi connectivity index (χ0) is 28.6. The van der Waals surface area contributed by atoms with Gasteiger partial charge in [-0.3, -0.25) is 14.0 Å². The number of carbonyl (C=O) groups excluding carboxylic acids is 2. The quantitative estimate of drug-likeness (QED) is 0.341. The summed E-state index contributed by atoms with van der Waals surface area (Å²) in [6, 6.07) is 7.81. The van der Waals surface area contributed by atoms with Crippen LogP contribution in [0, 0.1) is 0 Å². The van der Waals surface area contributed by atoms with E-state index in [0.717, 1.165) is 18.3 Å². The number of imidazole rings is 1. The van der Waals surface area contributed by atoms with Crippen LogP contribution in [0.3, 0.4) is 0 Å². The van der Waals surface area contributed by atoms with Crippen LogP contribution in [0.15, 0.2) is 55.0 Å². The molecule has 1 saturated heterocycles. The molecule has 2 atom stereocenters. The van der Waals surface area contributed by atoms with E-state index >= 15 is 0 Å². The second-order valence-electron chi connectivity index (χ2n) is 9.13. The highest BCUT2D eigenvalue weighted by atomic mass is 19.4. The summed E-state index contributed by atoms with van der Waals surface area (Å²) in [7, 11) is 0. The van der Waals surface area contributed by atoms with Crippen LogP contribution >= 0.6 is 0 Å². The topological polar surface area (TPSA) is 148 Å². The number of fused-ring (bicyclic) bond motifs is 1. The second kappa shape index (κ2) is 10.5. The molecule has 0 spiro atoms. The van der Waals surface area contributed by atoms with Gasteiger partial charge in [-0.15, -0.1) is 0 Å². The lowest BCUT2D eigenvalue weighted by atomic mass is 10.1. The number of rotatable bonds is 5. The minimum absolute atomic E-state index is 0.174. The third-order valence-electron chi connectivity index (χ3n) is 6.38. The van der Waals surface area contributed by atoms with Gasteiger partial charge in [-0.05, 0) is 31.2 Å². The normalized spacial score (nSPS) is 16.6. The van der Waals surface area contributed by atoms with Crippen molar-refractivity contribution in [3.63, 3.8) is 0 Å². The number of aliphatic hydroxyl groups is 1. The third-order valence-corrected chi connectivity index (χ3v) is 6.38. The molecule has 40 heavy (non-hydrogen) atoms. The number of nitrogens with one attached hydrogen (secondary N) is 1. The van der Waals surface area contributed by atoms with E-state index in [1.807, 2.05) is 0 Å². The van der Waals surface area contributed by atoms with Gasteiger partial charge in [0, 0.05) is 36.3 Å². The minimum atomic E-state index is -4.57. The number of alkyl halides is 3. The minimum Gasteiger partial charge on any atom is -0.384 e. The Hall–Kier alpha value is -4.56. The molecule has 3 aromatic heterocycles. The molecule has 4 aromatic rings. The zero-order valence-corrected chi connectivity index (χ0v) is 21.1. The molecule has 4 N–H and O–H groups in total. The number of hydrogen-bond acceptors (Lipinski definition) is 8. The van der Waals surface area contributed by atoms with Crippen LogP contribution in [0.25, 0.3) is 16.8 Å². The van der Waals surface area contributed by atoms with E-state index in [4.69, 9.17) is 15.5 Å². The van der Waals surface area contributed by atoms with E-state index in [2.05, 4.69) is 15.3 Å². The molecule has 2 amide bonds. The molecular formula is C26H24F3N7O4. The van der Waals surface area contributed by atoms with Crippen molar-refractivity contribution >= 4 is 29.0 Å². The number of aromatic nitrogens is 4. The third kappa shape index (κ3) is 5.31. The highest BCUT2D eigenvalue weighted by molar-refractivity contribution is 6.04. The summed E-state index contributed by atoms with van der Waals surface area (Å²) >= 11 is 0. The number of hydrogen-bond donors (Lipinski definition) is 3. The van der Waals surface area contributed by atoms with Gasteiger partial charge in [-0.1, -0.05) is 12.1 Å². The summed E-state index contributed by atoms with van der Waals surface area (Å²) in [5.74, 6) is -0.623. The Bertz CT molecular complexity index is 1570. The summed E-state index contributed by atoms with van der Waals surface area (Å²) in [5.41, 5.74) is 6.98. The Labute approximate surface area is 225 Å². The van der Waals surface area contributed by atoms with Crippen molar-refractivity contribution in [2.45, 2.75) is 25.3 Å². The predicted molar refractivity (Wildman–Crippen MR) is 137 cm³/mol. The maximum atomic E-state index is 13.0. The van der Waals surface area contributed by atoms with Crippen molar-refractivity contribution in [3.8, 4) is 11.3 Å². The SMILES string of the molecule is C[C@@H](O)C(=O)N1CCO[C@@H](c2nc(-c3ccc(C(=O)Nc4cc(C(F)(F)F)ccn4)cc3)c3c(N)nccn23)C1. The molecule has 1 fully saturated rings. The van der Waals surface area contributed by atoms with Gasteiger partial charge in [-0.25, -0.2) is 15.0 Å². The van der Waals surface area contributed by atoms with Crippen molar-refractivity contribution < 1.29 is 32.6 Å². The van der Waals surface area contributed by atoms with Gasteiger partial charge in [0.2, 0.25) is 0 Å². The molecule has 0 radical (unpaired) electrons. The molecule has 1 aliphatic rings. The first-order chi connectivity index (χ1) is 19.0. The molecule has 5 rings (SSSR count). The summed E-state index contributed by atoms with van der Waals surface area (Å²) < 4.78 is 46.6. The molecular weight excluding hydrogens is 531 g/mol. The fourth-order valence-corrected chi connectivity index (χ4v) is 4.43. The van der Waals surface area contributed by atoms with Crippen molar-refractivity contribution in [1.82, 2.24) is 24.3 Å². The summed E-state index contributed by atoms with van der Waals surface area (Å²) in [6.45, 7) is 2.16. The second-order valence-corrected chi connectivity index (χ2v) is 9.13. The summed E-state index contributed by atoms with van der Waals surface area (Å²) in [6.07, 6.45) is -2.18. The van der Waals surface area contributed by atoms with E-state index in [1.54, 1.807) is 22.7 Å². The van der Waals surface area contributed by atoms with Gasteiger partial charge in [0.25, 0.3) is 11.8 Å². The van der Waals surface area contributed by atoms with Crippen LogP contribution in [0.5, 0.6) is 0 Å². The Morgan fingerprint density at radius 3 is 2.62 bits per heavy atom. The molecule has 14 heteroatoms. The summed E-state index contributed by atoms with van der Waals surface area (Å²) in [4.78, 5) is 39.3. The fraction of sp³-hybridized carbons (Fsp3) is 0.269. The Morgan fingerprint density at radius 1 is 1.18 bits per heavy atom. The highest BCUT2D eigenvalue weighted by Crippen LogP contribution is 2.33. The molecule has 0 aliphatic carbocycles. The highest BCUT2D eigenvalue weighted by Gasteiger charge is 2.32. The van der Waals surface area contributed by atoms with E-state index in [9.17, 15) is 27.9 Å². The maximum absolute atomic E-state index is 13.0. The maximum Gasteiger partial charge on any atom is 0.416 e. The van der Waals surface area contributed by atoms with Crippen LogP contribution < -0.4 is 11.1 Å². The average Bonchev–Trinajstić information content (AvgIpc) is 3.33. The van der Waals surface area contributed by atoms with Gasteiger partial charge in [0.15, 0.2) is 0 Å². The summed E-state index contributed by atoms with van der Waals surface area (Å²) in [5, 5.41) is 12.1. The van der Waals surface area contributed by atoms with E-state index in [1.165, 1.54) is 30.2 Å². The number of morpholine rings is 1. The number of benzene rings is 1. The number of nitrogens with zero attached hydrogens (tertiary/aromatic N) is 5. The monoisotopic (exact) mass is 555 g/mol. The number of nitrogen functional groups attached to an aromatic ring is 1. The van der Waals surface area contributed by atoms with Gasteiger partial charge in [-0.2, -0.15) is 13.2 Å². The van der Waals surface area contributed by atoms with Crippen LogP contribution in [0.4, 0.5) is 24.8 Å². The predicted octanol–water partition coefficient (Wildman–Crippen LogP) is 2.93. The van der Waals surface area contributed by atoms with Crippen LogP contribution in [0.1, 0.15) is 34.8 Å². The van der Waals surface area contributed by atoms with Gasteiger partial charge in [0.1, 0.15) is 40.9 Å². The number of amides is 2. The zero-order valence-electron chi connectivity index (χ0n) is 21.1. The first-order valence-electron chi connectivity index (χ1n) is 12.2. The number of carbonyl (C=O) groups is 2.